The number of anilines is 2. The van der Waals surface area contributed by atoms with Crippen molar-refractivity contribution in [3.63, 3.8) is 0 Å². The summed E-state index contributed by atoms with van der Waals surface area (Å²) in [5.74, 6) is 1.37. The van der Waals surface area contributed by atoms with Gasteiger partial charge in [-0.15, -0.1) is 0 Å². The maximum Gasteiger partial charge on any atom is 0.225 e. The van der Waals surface area contributed by atoms with Crippen LogP contribution in [-0.2, 0) is 4.79 Å². The van der Waals surface area contributed by atoms with E-state index in [0.717, 1.165) is 35.7 Å². The fourth-order valence-electron chi connectivity index (χ4n) is 3.63. The van der Waals surface area contributed by atoms with Crippen LogP contribution in [0.25, 0.3) is 0 Å². The Morgan fingerprint density at radius 2 is 1.77 bits per heavy atom. The molecule has 138 valence electrons. The Kier molecular flexibility index (Phi) is 5.35. The number of rotatable bonds is 6. The number of benzene rings is 2. The maximum atomic E-state index is 12.3. The van der Waals surface area contributed by atoms with Crippen molar-refractivity contribution >= 4 is 17.3 Å². The SMILES string of the molecule is CCN(CC)c1ccc([C@@H]2CC(=O)Nc3cc(OC)cc(OC)c32)cc1. The maximum absolute atomic E-state index is 12.3. The van der Waals surface area contributed by atoms with Gasteiger partial charge in [0.1, 0.15) is 11.5 Å². The molecule has 26 heavy (non-hydrogen) atoms. The van der Waals surface area contributed by atoms with Crippen LogP contribution in [-0.4, -0.2) is 33.2 Å². The van der Waals surface area contributed by atoms with E-state index < -0.39 is 0 Å². The molecule has 0 saturated carbocycles. The minimum absolute atomic E-state index is 0.00521. The van der Waals surface area contributed by atoms with Crippen molar-refractivity contribution in [2.45, 2.75) is 26.2 Å². The highest BCUT2D eigenvalue weighted by atomic mass is 16.5. The molecule has 0 spiro atoms. The van der Waals surface area contributed by atoms with Gasteiger partial charge in [-0.3, -0.25) is 4.79 Å². The van der Waals surface area contributed by atoms with Crippen LogP contribution in [0.3, 0.4) is 0 Å². The summed E-state index contributed by atoms with van der Waals surface area (Å²) in [6.07, 6.45) is 0.403. The first-order chi connectivity index (χ1) is 12.6. The molecule has 0 fully saturated rings. The molecule has 1 aliphatic heterocycles. The van der Waals surface area contributed by atoms with Crippen molar-refractivity contribution in [2.75, 3.05) is 37.5 Å². The molecule has 0 bridgehead atoms. The zero-order valence-corrected chi connectivity index (χ0v) is 15.8. The number of methoxy groups -OCH3 is 2. The molecule has 2 aromatic carbocycles. The average Bonchev–Trinajstić information content (AvgIpc) is 2.67. The van der Waals surface area contributed by atoms with Crippen LogP contribution in [0.2, 0.25) is 0 Å². The van der Waals surface area contributed by atoms with Crippen LogP contribution in [0.5, 0.6) is 11.5 Å². The molecule has 5 nitrogen and oxygen atoms in total. The fraction of sp³-hybridized carbons (Fsp3) is 0.381. The zero-order chi connectivity index (χ0) is 18.7. The summed E-state index contributed by atoms with van der Waals surface area (Å²) in [7, 11) is 3.25. The molecule has 1 N–H and O–H groups in total. The number of hydrogen-bond acceptors (Lipinski definition) is 4. The van der Waals surface area contributed by atoms with Crippen LogP contribution < -0.4 is 19.7 Å². The lowest BCUT2D eigenvalue weighted by atomic mass is 9.84. The summed E-state index contributed by atoms with van der Waals surface area (Å²) in [5.41, 5.74) is 4.07. The normalized spacial score (nSPS) is 15.8. The Morgan fingerprint density at radius 1 is 1.08 bits per heavy atom. The van der Waals surface area contributed by atoms with Crippen molar-refractivity contribution in [3.8, 4) is 11.5 Å². The molecule has 2 aromatic rings. The van der Waals surface area contributed by atoms with Crippen LogP contribution in [0, 0.1) is 0 Å². The molecule has 0 saturated heterocycles. The van der Waals surface area contributed by atoms with E-state index in [-0.39, 0.29) is 11.8 Å². The lowest BCUT2D eigenvalue weighted by Crippen LogP contribution is -2.24. The number of amides is 1. The van der Waals surface area contributed by atoms with Gasteiger partial charge in [-0.05, 0) is 31.5 Å². The number of ether oxygens (including phenoxy) is 2. The lowest BCUT2D eigenvalue weighted by Gasteiger charge is -2.29. The summed E-state index contributed by atoms with van der Waals surface area (Å²) >= 11 is 0. The van der Waals surface area contributed by atoms with Crippen LogP contribution in [0.15, 0.2) is 36.4 Å². The highest BCUT2D eigenvalue weighted by Crippen LogP contribution is 2.45. The number of hydrogen-bond donors (Lipinski definition) is 1. The van der Waals surface area contributed by atoms with Gasteiger partial charge in [-0.2, -0.15) is 0 Å². The van der Waals surface area contributed by atoms with Gasteiger partial charge in [0.25, 0.3) is 0 Å². The van der Waals surface area contributed by atoms with Gasteiger partial charge in [0.05, 0.1) is 19.9 Å². The van der Waals surface area contributed by atoms with Crippen molar-refractivity contribution in [1.82, 2.24) is 0 Å². The molecule has 1 atom stereocenters. The molecule has 0 radical (unpaired) electrons. The smallest absolute Gasteiger partial charge is 0.225 e. The van der Waals surface area contributed by atoms with E-state index in [1.54, 1.807) is 14.2 Å². The topological polar surface area (TPSA) is 50.8 Å². The average molecular weight is 354 g/mol. The quantitative estimate of drug-likeness (QED) is 0.851. The Hall–Kier alpha value is -2.69. The number of fused-ring (bicyclic) bond motifs is 1. The van der Waals surface area contributed by atoms with E-state index in [2.05, 4.69) is 48.3 Å². The fourth-order valence-corrected chi connectivity index (χ4v) is 3.63. The number of carbonyl (C=O) groups is 1. The molecule has 0 unspecified atom stereocenters. The minimum Gasteiger partial charge on any atom is -0.497 e. The minimum atomic E-state index is -0.0367. The van der Waals surface area contributed by atoms with Gasteiger partial charge >= 0.3 is 0 Å². The molecular weight excluding hydrogens is 328 g/mol. The second-order valence-corrected chi connectivity index (χ2v) is 6.36. The van der Waals surface area contributed by atoms with Crippen molar-refractivity contribution in [2.24, 2.45) is 0 Å². The highest BCUT2D eigenvalue weighted by molar-refractivity contribution is 5.96. The zero-order valence-electron chi connectivity index (χ0n) is 15.8. The first kappa shape index (κ1) is 18.1. The molecule has 0 aromatic heterocycles. The Bertz CT molecular complexity index is 783. The molecule has 1 amide bonds. The van der Waals surface area contributed by atoms with E-state index in [1.807, 2.05) is 12.1 Å². The molecular formula is C21H26N2O3. The van der Waals surface area contributed by atoms with E-state index in [1.165, 1.54) is 5.69 Å². The number of nitrogens with zero attached hydrogens (tertiary/aromatic N) is 1. The molecule has 5 heteroatoms. The lowest BCUT2D eigenvalue weighted by molar-refractivity contribution is -0.116. The summed E-state index contributed by atoms with van der Waals surface area (Å²) in [6.45, 7) is 6.24. The third kappa shape index (κ3) is 3.34. The van der Waals surface area contributed by atoms with Crippen molar-refractivity contribution in [3.05, 3.63) is 47.5 Å². The Balaban J connectivity index is 2.03. The van der Waals surface area contributed by atoms with Gasteiger partial charge in [0.15, 0.2) is 0 Å². The third-order valence-corrected chi connectivity index (χ3v) is 5.01. The van der Waals surface area contributed by atoms with Crippen molar-refractivity contribution in [1.29, 1.82) is 0 Å². The van der Waals surface area contributed by atoms with Crippen molar-refractivity contribution < 1.29 is 14.3 Å². The van der Waals surface area contributed by atoms with Gasteiger partial charge < -0.3 is 19.7 Å². The van der Waals surface area contributed by atoms with Crippen LogP contribution in [0.1, 0.15) is 37.3 Å². The second kappa shape index (κ2) is 7.68. The van der Waals surface area contributed by atoms with E-state index in [9.17, 15) is 4.79 Å². The third-order valence-electron chi connectivity index (χ3n) is 5.01. The molecule has 0 aliphatic carbocycles. The molecule has 1 aliphatic rings. The predicted octanol–water partition coefficient (Wildman–Crippen LogP) is 4.02. The Morgan fingerprint density at radius 3 is 2.35 bits per heavy atom. The first-order valence-electron chi connectivity index (χ1n) is 9.01. The van der Waals surface area contributed by atoms with Crippen LogP contribution in [0.4, 0.5) is 11.4 Å². The monoisotopic (exact) mass is 354 g/mol. The van der Waals surface area contributed by atoms with Crippen LogP contribution >= 0.6 is 0 Å². The van der Waals surface area contributed by atoms with Gasteiger partial charge in [-0.25, -0.2) is 0 Å². The second-order valence-electron chi connectivity index (χ2n) is 6.36. The van der Waals surface area contributed by atoms with Gasteiger partial charge in [-0.1, -0.05) is 12.1 Å². The number of nitrogens with one attached hydrogen (secondary N) is 1. The predicted molar refractivity (Wildman–Crippen MR) is 105 cm³/mol. The molecule has 1 heterocycles. The van der Waals surface area contributed by atoms with E-state index in [4.69, 9.17) is 9.47 Å². The van der Waals surface area contributed by atoms with Gasteiger partial charge in [0, 0.05) is 48.8 Å². The summed E-state index contributed by atoms with van der Waals surface area (Å²) in [6, 6.07) is 12.2. The standard InChI is InChI=1S/C21H26N2O3/c1-5-23(6-2)15-9-7-14(8-10-15)17-13-20(24)22-18-11-16(25-3)12-19(26-4)21(17)18/h7-12,17H,5-6,13H2,1-4H3,(H,22,24)/t17-/m0/s1. The highest BCUT2D eigenvalue weighted by Gasteiger charge is 2.30. The first-order valence-corrected chi connectivity index (χ1v) is 9.01. The van der Waals surface area contributed by atoms with Gasteiger partial charge in [0.2, 0.25) is 5.91 Å². The summed E-state index contributed by atoms with van der Waals surface area (Å²) < 4.78 is 10.9. The van der Waals surface area contributed by atoms with E-state index >= 15 is 0 Å². The number of carbonyl (C=O) groups excluding carboxylic acids is 1. The van der Waals surface area contributed by atoms with E-state index in [0.29, 0.717) is 12.2 Å². The largest absolute Gasteiger partial charge is 0.497 e. The Labute approximate surface area is 154 Å². The summed E-state index contributed by atoms with van der Waals surface area (Å²) in [5, 5.41) is 2.95. The summed E-state index contributed by atoms with van der Waals surface area (Å²) in [4.78, 5) is 14.6. The molecule has 3 rings (SSSR count).